The van der Waals surface area contributed by atoms with Crippen molar-refractivity contribution in [2.75, 3.05) is 7.11 Å². The van der Waals surface area contributed by atoms with Crippen molar-refractivity contribution in [3.8, 4) is 0 Å². The molecule has 0 bridgehead atoms. The zero-order valence-corrected chi connectivity index (χ0v) is 7.65. The molecule has 1 heterocycles. The van der Waals surface area contributed by atoms with Gasteiger partial charge in [0.2, 0.25) is 0 Å². The summed E-state index contributed by atoms with van der Waals surface area (Å²) >= 11 is 0. The summed E-state index contributed by atoms with van der Waals surface area (Å²) in [6.07, 6.45) is 1.47. The van der Waals surface area contributed by atoms with E-state index in [0.29, 0.717) is 6.54 Å². The number of carbonyl (C=O) groups excluding carboxylic acids is 1. The first-order valence-corrected chi connectivity index (χ1v) is 3.75. The highest BCUT2D eigenvalue weighted by molar-refractivity contribution is 5.84. The van der Waals surface area contributed by atoms with Crippen LogP contribution in [0.4, 0.5) is 0 Å². The van der Waals surface area contributed by atoms with Crippen molar-refractivity contribution in [2.24, 2.45) is 0 Å². The van der Waals surface area contributed by atoms with Gasteiger partial charge in [-0.1, -0.05) is 12.2 Å². The lowest BCUT2D eigenvalue weighted by molar-refractivity contribution is 0.0586. The number of aromatic nitrogens is 3. The quantitative estimate of drug-likeness (QED) is 0.507. The van der Waals surface area contributed by atoms with Gasteiger partial charge in [0.1, 0.15) is 6.33 Å². The average molecular weight is 181 g/mol. The molecule has 5 nitrogen and oxygen atoms in total. The smallest absolute Gasteiger partial charge is 0.377 e. The molecule has 13 heavy (non-hydrogen) atoms. The summed E-state index contributed by atoms with van der Waals surface area (Å²) in [4.78, 5) is 14.7. The van der Waals surface area contributed by atoms with Gasteiger partial charge in [-0.25, -0.2) is 14.5 Å². The Kier molecular flexibility index (Phi) is 2.79. The monoisotopic (exact) mass is 181 g/mol. The van der Waals surface area contributed by atoms with Crippen LogP contribution in [-0.4, -0.2) is 27.8 Å². The maximum Gasteiger partial charge on any atom is 0.377 e. The standard InChI is InChI=1S/C8H11N3O2/c1-6(2)4-11-5-9-7(10-11)8(12)13-3/h5H,1,4H2,2-3H3. The van der Waals surface area contributed by atoms with Crippen LogP contribution in [0.5, 0.6) is 0 Å². The fraction of sp³-hybridized carbons (Fsp3) is 0.375. The molecule has 1 aromatic heterocycles. The summed E-state index contributed by atoms with van der Waals surface area (Å²) in [5.41, 5.74) is 0.946. The minimum atomic E-state index is -0.527. The maximum absolute atomic E-state index is 10.9. The molecule has 70 valence electrons. The van der Waals surface area contributed by atoms with Gasteiger partial charge in [0, 0.05) is 0 Å². The molecule has 0 aliphatic rings. The SMILES string of the molecule is C=C(C)Cn1cnc(C(=O)OC)n1. The van der Waals surface area contributed by atoms with Crippen LogP contribution in [0.15, 0.2) is 18.5 Å². The topological polar surface area (TPSA) is 57.0 Å². The van der Waals surface area contributed by atoms with Crippen molar-refractivity contribution in [1.29, 1.82) is 0 Å². The van der Waals surface area contributed by atoms with E-state index in [0.717, 1.165) is 5.57 Å². The Balaban J connectivity index is 2.74. The van der Waals surface area contributed by atoms with Gasteiger partial charge < -0.3 is 4.74 Å². The van der Waals surface area contributed by atoms with Crippen LogP contribution in [-0.2, 0) is 11.3 Å². The molecule has 0 amide bonds. The van der Waals surface area contributed by atoms with Crippen LogP contribution in [0.25, 0.3) is 0 Å². The first-order chi connectivity index (χ1) is 6.13. The molecule has 0 spiro atoms. The zero-order valence-electron chi connectivity index (χ0n) is 7.65. The maximum atomic E-state index is 10.9. The Labute approximate surface area is 76.0 Å². The third-order valence-corrected chi connectivity index (χ3v) is 1.34. The largest absolute Gasteiger partial charge is 0.463 e. The van der Waals surface area contributed by atoms with E-state index >= 15 is 0 Å². The molecular weight excluding hydrogens is 170 g/mol. The van der Waals surface area contributed by atoms with Gasteiger partial charge in [-0.2, -0.15) is 0 Å². The number of rotatable bonds is 3. The summed E-state index contributed by atoms with van der Waals surface area (Å²) in [5, 5.41) is 3.89. The molecule has 1 rings (SSSR count). The van der Waals surface area contributed by atoms with Gasteiger partial charge in [-0.3, -0.25) is 0 Å². The van der Waals surface area contributed by atoms with E-state index < -0.39 is 5.97 Å². The van der Waals surface area contributed by atoms with Gasteiger partial charge in [0.15, 0.2) is 0 Å². The Bertz CT molecular complexity index is 330. The summed E-state index contributed by atoms with van der Waals surface area (Å²) < 4.78 is 5.99. The van der Waals surface area contributed by atoms with Crippen molar-refractivity contribution in [2.45, 2.75) is 13.5 Å². The number of carbonyl (C=O) groups is 1. The van der Waals surface area contributed by atoms with Crippen molar-refractivity contribution in [3.05, 3.63) is 24.3 Å². The molecule has 1 aromatic rings. The van der Waals surface area contributed by atoms with Crippen LogP contribution in [0, 0.1) is 0 Å². The van der Waals surface area contributed by atoms with Gasteiger partial charge in [0.05, 0.1) is 13.7 Å². The molecule has 0 atom stereocenters. The van der Waals surface area contributed by atoms with E-state index in [9.17, 15) is 4.79 Å². The molecule has 5 heteroatoms. The molecule has 0 saturated carbocycles. The lowest BCUT2D eigenvalue weighted by Crippen LogP contribution is -2.06. The van der Waals surface area contributed by atoms with E-state index in [1.165, 1.54) is 18.1 Å². The van der Waals surface area contributed by atoms with Gasteiger partial charge >= 0.3 is 5.97 Å². The molecule has 0 aliphatic carbocycles. The predicted molar refractivity (Wildman–Crippen MR) is 46.2 cm³/mol. The van der Waals surface area contributed by atoms with E-state index in [1.807, 2.05) is 6.92 Å². The first-order valence-electron chi connectivity index (χ1n) is 3.75. The second-order valence-corrected chi connectivity index (χ2v) is 2.71. The molecule has 0 N–H and O–H groups in total. The summed E-state index contributed by atoms with van der Waals surface area (Å²) in [7, 11) is 1.29. The predicted octanol–water partition coefficient (Wildman–Crippen LogP) is 0.641. The summed E-state index contributed by atoms with van der Waals surface area (Å²) in [6.45, 7) is 6.15. The molecule has 0 aromatic carbocycles. The molecular formula is C8H11N3O2. The fourth-order valence-corrected chi connectivity index (χ4v) is 0.832. The second-order valence-electron chi connectivity index (χ2n) is 2.71. The lowest BCUT2D eigenvalue weighted by Gasteiger charge is -1.96. The first kappa shape index (κ1) is 9.44. The van der Waals surface area contributed by atoms with Crippen molar-refractivity contribution in [1.82, 2.24) is 14.8 Å². The number of hydrogen-bond acceptors (Lipinski definition) is 4. The summed E-state index contributed by atoms with van der Waals surface area (Å²) in [5.74, 6) is -0.454. The van der Waals surface area contributed by atoms with Crippen molar-refractivity contribution < 1.29 is 9.53 Å². The van der Waals surface area contributed by atoms with Gasteiger partial charge in [0.25, 0.3) is 5.82 Å². The molecule has 0 aliphatic heterocycles. The zero-order chi connectivity index (χ0) is 9.84. The molecule has 0 radical (unpaired) electrons. The average Bonchev–Trinajstić information content (AvgIpc) is 2.50. The van der Waals surface area contributed by atoms with E-state index in [2.05, 4.69) is 21.4 Å². The number of nitrogens with zero attached hydrogens (tertiary/aromatic N) is 3. The lowest BCUT2D eigenvalue weighted by atomic mass is 10.4. The van der Waals surface area contributed by atoms with E-state index in [4.69, 9.17) is 0 Å². The van der Waals surface area contributed by atoms with Crippen LogP contribution in [0.1, 0.15) is 17.5 Å². The third-order valence-electron chi connectivity index (χ3n) is 1.34. The van der Waals surface area contributed by atoms with E-state index in [-0.39, 0.29) is 5.82 Å². The number of hydrogen-bond donors (Lipinski definition) is 0. The fourth-order valence-electron chi connectivity index (χ4n) is 0.832. The third kappa shape index (κ3) is 2.40. The van der Waals surface area contributed by atoms with Crippen LogP contribution in [0.3, 0.4) is 0 Å². The highest BCUT2D eigenvalue weighted by Crippen LogP contribution is 1.96. The van der Waals surface area contributed by atoms with Crippen LogP contribution >= 0.6 is 0 Å². The molecule has 0 fully saturated rings. The van der Waals surface area contributed by atoms with Crippen LogP contribution < -0.4 is 0 Å². The van der Waals surface area contributed by atoms with E-state index in [1.54, 1.807) is 0 Å². The highest BCUT2D eigenvalue weighted by atomic mass is 16.5. The van der Waals surface area contributed by atoms with Gasteiger partial charge in [-0.05, 0) is 6.92 Å². The Morgan fingerprint density at radius 3 is 3.00 bits per heavy atom. The highest BCUT2D eigenvalue weighted by Gasteiger charge is 2.10. The van der Waals surface area contributed by atoms with Crippen LogP contribution in [0.2, 0.25) is 0 Å². The second kappa shape index (κ2) is 3.84. The Morgan fingerprint density at radius 2 is 2.46 bits per heavy atom. The number of esters is 1. The molecule has 0 unspecified atom stereocenters. The van der Waals surface area contributed by atoms with Crippen molar-refractivity contribution in [3.63, 3.8) is 0 Å². The Morgan fingerprint density at radius 1 is 1.77 bits per heavy atom. The normalized spacial score (nSPS) is 9.69. The minimum Gasteiger partial charge on any atom is -0.463 e. The number of allylic oxidation sites excluding steroid dienone is 1. The minimum absolute atomic E-state index is 0.0729. The Hall–Kier alpha value is -1.65. The van der Waals surface area contributed by atoms with Crippen molar-refractivity contribution >= 4 is 5.97 Å². The summed E-state index contributed by atoms with van der Waals surface area (Å²) in [6, 6.07) is 0. The molecule has 0 saturated heterocycles. The van der Waals surface area contributed by atoms with Gasteiger partial charge in [-0.15, -0.1) is 5.10 Å². The number of ether oxygens (including phenoxy) is 1. The number of methoxy groups -OCH3 is 1.